The van der Waals surface area contributed by atoms with Gasteiger partial charge in [-0.25, -0.2) is 0 Å². The molecule has 2 N–H and O–H groups in total. The lowest BCUT2D eigenvalue weighted by atomic mass is 10.1. The third-order valence-corrected chi connectivity index (χ3v) is 4.16. The highest BCUT2D eigenvalue weighted by molar-refractivity contribution is 6.42. The molecule has 0 aliphatic rings. The molecular weight excluding hydrogens is 347 g/mol. The number of aromatic nitrogens is 1. The van der Waals surface area contributed by atoms with Crippen molar-refractivity contribution in [2.45, 2.75) is 0 Å². The number of H-pyrrole nitrogens is 1. The molecule has 0 radical (unpaired) electrons. The molecule has 3 aromatic rings. The van der Waals surface area contributed by atoms with E-state index in [1.165, 1.54) is 12.1 Å². The molecule has 0 bridgehead atoms. The first-order chi connectivity index (χ1) is 11.5. The van der Waals surface area contributed by atoms with Crippen LogP contribution < -0.4 is 10.9 Å². The molecule has 1 heterocycles. The highest BCUT2D eigenvalue weighted by Crippen LogP contribution is 2.25. The van der Waals surface area contributed by atoms with Crippen molar-refractivity contribution in [2.24, 2.45) is 0 Å². The van der Waals surface area contributed by atoms with Gasteiger partial charge in [0.15, 0.2) is 0 Å². The molecule has 6 heteroatoms. The van der Waals surface area contributed by atoms with Gasteiger partial charge in [0.05, 0.1) is 10.0 Å². The number of carbonyl (C=O) groups excluding carboxylic acids is 1. The zero-order valence-corrected chi connectivity index (χ0v) is 13.9. The van der Waals surface area contributed by atoms with E-state index >= 15 is 0 Å². The van der Waals surface area contributed by atoms with Crippen molar-refractivity contribution in [3.63, 3.8) is 0 Å². The minimum absolute atomic E-state index is 0.0146. The monoisotopic (exact) mass is 358 g/mol. The summed E-state index contributed by atoms with van der Waals surface area (Å²) in [6, 6.07) is 17.3. The Labute approximate surface area is 148 Å². The fourth-order valence-electron chi connectivity index (χ4n) is 2.21. The zero-order valence-electron chi connectivity index (χ0n) is 12.3. The van der Waals surface area contributed by atoms with Crippen molar-refractivity contribution in [2.75, 3.05) is 5.32 Å². The molecule has 0 aliphatic heterocycles. The maximum Gasteiger partial charge on any atom is 0.261 e. The van der Waals surface area contributed by atoms with E-state index in [1.54, 1.807) is 18.2 Å². The SMILES string of the molecule is O=C(Nc1ccc(Cl)c(Cl)c1)c1ccc(-c2ccccc2)[nH]c1=O. The summed E-state index contributed by atoms with van der Waals surface area (Å²) in [4.78, 5) is 27.2. The van der Waals surface area contributed by atoms with Crippen molar-refractivity contribution >= 4 is 34.8 Å². The molecule has 0 unspecified atom stereocenters. The average Bonchev–Trinajstić information content (AvgIpc) is 2.59. The van der Waals surface area contributed by atoms with Gasteiger partial charge in [-0.05, 0) is 35.9 Å². The van der Waals surface area contributed by atoms with Gasteiger partial charge in [0.25, 0.3) is 11.5 Å². The number of hydrogen-bond donors (Lipinski definition) is 2. The number of anilines is 1. The number of rotatable bonds is 3. The van der Waals surface area contributed by atoms with Crippen molar-refractivity contribution in [3.8, 4) is 11.3 Å². The minimum atomic E-state index is -0.519. The van der Waals surface area contributed by atoms with Crippen LogP contribution in [0.15, 0.2) is 65.5 Å². The lowest BCUT2D eigenvalue weighted by molar-refractivity contribution is 0.102. The van der Waals surface area contributed by atoms with E-state index in [-0.39, 0.29) is 5.56 Å². The van der Waals surface area contributed by atoms with Gasteiger partial charge in [-0.3, -0.25) is 9.59 Å². The van der Waals surface area contributed by atoms with Crippen LogP contribution in [0.3, 0.4) is 0 Å². The van der Waals surface area contributed by atoms with Crippen molar-refractivity contribution in [3.05, 3.63) is 86.6 Å². The van der Waals surface area contributed by atoms with Gasteiger partial charge in [-0.15, -0.1) is 0 Å². The molecule has 1 aromatic heterocycles. The van der Waals surface area contributed by atoms with Gasteiger partial charge in [-0.1, -0.05) is 53.5 Å². The molecule has 1 amide bonds. The van der Waals surface area contributed by atoms with E-state index in [2.05, 4.69) is 10.3 Å². The van der Waals surface area contributed by atoms with E-state index in [9.17, 15) is 9.59 Å². The zero-order chi connectivity index (χ0) is 17.1. The maximum absolute atomic E-state index is 12.3. The Morgan fingerprint density at radius 1 is 0.917 bits per heavy atom. The van der Waals surface area contributed by atoms with E-state index in [1.807, 2.05) is 30.3 Å². The van der Waals surface area contributed by atoms with Crippen molar-refractivity contribution < 1.29 is 4.79 Å². The van der Waals surface area contributed by atoms with Gasteiger partial charge in [0, 0.05) is 11.4 Å². The Bertz CT molecular complexity index is 953. The summed E-state index contributed by atoms with van der Waals surface area (Å²) in [5, 5.41) is 3.33. The van der Waals surface area contributed by atoms with Crippen molar-refractivity contribution in [1.82, 2.24) is 4.98 Å². The van der Waals surface area contributed by atoms with E-state index in [0.717, 1.165) is 5.56 Å². The quantitative estimate of drug-likeness (QED) is 0.718. The van der Waals surface area contributed by atoms with E-state index < -0.39 is 11.5 Å². The average molecular weight is 359 g/mol. The first-order valence-electron chi connectivity index (χ1n) is 7.10. The van der Waals surface area contributed by atoms with Crippen LogP contribution in [0.25, 0.3) is 11.3 Å². The molecule has 0 atom stereocenters. The second kappa shape index (κ2) is 6.91. The third-order valence-electron chi connectivity index (χ3n) is 3.42. The Balaban J connectivity index is 1.85. The van der Waals surface area contributed by atoms with Crippen LogP contribution in [0.5, 0.6) is 0 Å². The molecule has 0 spiro atoms. The Morgan fingerprint density at radius 3 is 2.33 bits per heavy atom. The fourth-order valence-corrected chi connectivity index (χ4v) is 2.51. The molecule has 0 fully saturated rings. The standard InChI is InChI=1S/C18H12Cl2N2O2/c19-14-8-6-12(10-15(14)20)21-17(23)13-7-9-16(22-18(13)24)11-4-2-1-3-5-11/h1-10H,(H,21,23)(H,22,24). The molecule has 0 saturated heterocycles. The number of aromatic amines is 1. The summed E-state index contributed by atoms with van der Waals surface area (Å²) < 4.78 is 0. The molecule has 0 saturated carbocycles. The van der Waals surface area contributed by atoms with Gasteiger partial charge in [0.2, 0.25) is 0 Å². The predicted molar refractivity (Wildman–Crippen MR) is 96.9 cm³/mol. The number of nitrogens with one attached hydrogen (secondary N) is 2. The molecule has 120 valence electrons. The molecule has 2 aromatic carbocycles. The van der Waals surface area contributed by atoms with Crippen LogP contribution in [0.1, 0.15) is 10.4 Å². The predicted octanol–water partition coefficient (Wildman–Crippen LogP) is 4.60. The fraction of sp³-hybridized carbons (Fsp3) is 0. The van der Waals surface area contributed by atoms with Crippen LogP contribution >= 0.6 is 23.2 Å². The summed E-state index contributed by atoms with van der Waals surface area (Å²) in [6.07, 6.45) is 0. The summed E-state index contributed by atoms with van der Waals surface area (Å²) in [5.41, 5.74) is 1.52. The molecule has 0 aliphatic carbocycles. The van der Waals surface area contributed by atoms with Gasteiger partial charge < -0.3 is 10.3 Å². The third kappa shape index (κ3) is 3.50. The van der Waals surface area contributed by atoms with Gasteiger partial charge in [0.1, 0.15) is 5.56 Å². The lowest BCUT2D eigenvalue weighted by Gasteiger charge is -2.07. The number of carbonyl (C=O) groups is 1. The van der Waals surface area contributed by atoms with Gasteiger partial charge >= 0.3 is 0 Å². The molecule has 4 nitrogen and oxygen atoms in total. The number of benzene rings is 2. The largest absolute Gasteiger partial charge is 0.322 e. The first-order valence-corrected chi connectivity index (χ1v) is 7.85. The minimum Gasteiger partial charge on any atom is -0.322 e. The Kier molecular flexibility index (Phi) is 4.69. The summed E-state index contributed by atoms with van der Waals surface area (Å²) in [5.74, 6) is -0.519. The Morgan fingerprint density at radius 2 is 1.67 bits per heavy atom. The van der Waals surface area contributed by atoms with Crippen LogP contribution in [-0.4, -0.2) is 10.9 Å². The lowest BCUT2D eigenvalue weighted by Crippen LogP contribution is -2.23. The number of halogens is 2. The maximum atomic E-state index is 12.3. The summed E-state index contributed by atoms with van der Waals surface area (Å²) in [6.45, 7) is 0. The number of amides is 1. The van der Waals surface area contributed by atoms with E-state index in [4.69, 9.17) is 23.2 Å². The summed E-state index contributed by atoms with van der Waals surface area (Å²) in [7, 11) is 0. The van der Waals surface area contributed by atoms with Crippen LogP contribution in [0, 0.1) is 0 Å². The highest BCUT2D eigenvalue weighted by Gasteiger charge is 2.12. The van der Waals surface area contributed by atoms with E-state index in [0.29, 0.717) is 21.4 Å². The summed E-state index contributed by atoms with van der Waals surface area (Å²) >= 11 is 11.7. The van der Waals surface area contributed by atoms with Gasteiger partial charge in [-0.2, -0.15) is 0 Å². The van der Waals surface area contributed by atoms with Crippen molar-refractivity contribution in [1.29, 1.82) is 0 Å². The number of hydrogen-bond acceptors (Lipinski definition) is 2. The number of pyridine rings is 1. The topological polar surface area (TPSA) is 62.0 Å². The first kappa shape index (κ1) is 16.3. The normalized spacial score (nSPS) is 10.4. The Hall–Kier alpha value is -2.56. The smallest absolute Gasteiger partial charge is 0.261 e. The molecule has 24 heavy (non-hydrogen) atoms. The molecular formula is C18H12Cl2N2O2. The molecule has 3 rings (SSSR count). The van der Waals surface area contributed by atoms with Crippen LogP contribution in [0.2, 0.25) is 10.0 Å². The second-order valence-corrected chi connectivity index (χ2v) is 5.88. The van der Waals surface area contributed by atoms with Crippen LogP contribution in [-0.2, 0) is 0 Å². The van der Waals surface area contributed by atoms with Crippen LogP contribution in [0.4, 0.5) is 5.69 Å². The second-order valence-electron chi connectivity index (χ2n) is 5.06. The highest BCUT2D eigenvalue weighted by atomic mass is 35.5.